The van der Waals surface area contributed by atoms with Crippen LogP contribution in [0.3, 0.4) is 0 Å². The number of anilines is 1. The third-order valence-electron chi connectivity index (χ3n) is 4.53. The Hall–Kier alpha value is -3.17. The van der Waals surface area contributed by atoms with Crippen molar-refractivity contribution >= 4 is 57.7 Å². The van der Waals surface area contributed by atoms with Crippen molar-refractivity contribution in [2.75, 3.05) is 25.2 Å². The Kier molecular flexibility index (Phi) is 7.55. The highest BCUT2D eigenvalue weighted by Crippen LogP contribution is 2.40. The van der Waals surface area contributed by atoms with E-state index in [0.717, 1.165) is 11.3 Å². The van der Waals surface area contributed by atoms with Crippen molar-refractivity contribution in [3.8, 4) is 0 Å². The fourth-order valence-corrected chi connectivity index (χ4v) is 5.12. The molecule has 2 aliphatic heterocycles. The summed E-state index contributed by atoms with van der Waals surface area (Å²) in [5.41, 5.74) is 5.68. The number of β-lactam (4-membered cyclic amide) rings is 1. The summed E-state index contributed by atoms with van der Waals surface area (Å²) in [5.74, 6) is -2.58. The molecule has 2 unspecified atom stereocenters. The first-order valence-corrected chi connectivity index (χ1v) is 11.4. The smallest absolute Gasteiger partial charge is 0.358 e. The normalized spacial score (nSPS) is 21.1. The molecule has 3 rings (SSSR count). The molecular formula is C18H21N5O8S2. The van der Waals surface area contributed by atoms with Gasteiger partial charge in [0.25, 0.3) is 11.8 Å². The van der Waals surface area contributed by atoms with Crippen LogP contribution in [-0.4, -0.2) is 81.7 Å². The first kappa shape index (κ1) is 24.5. The minimum atomic E-state index is -1.17. The lowest BCUT2D eigenvalue weighted by Crippen LogP contribution is -2.71. The lowest BCUT2D eigenvalue weighted by atomic mass is 10.0. The van der Waals surface area contributed by atoms with Gasteiger partial charge in [0, 0.05) is 32.1 Å². The summed E-state index contributed by atoms with van der Waals surface area (Å²) >= 11 is 2.36. The molecule has 0 saturated carbocycles. The van der Waals surface area contributed by atoms with Gasteiger partial charge < -0.3 is 30.5 Å². The van der Waals surface area contributed by atoms with E-state index in [2.05, 4.69) is 15.5 Å². The standard InChI is InChI=1S/C18H21N5O8S2/c1-7(24)30-8(2)31-17(27)13-9(4-29-3)5-32-16-12(15(26)23(13)16)21-14(25)11(22-28)10-6-33-18(19)20-10/h6,8,12,16,28H,4-5H2,1-3H3,(H2,19,20)(H,21,25)/b22-11-/t8?,12?,16-/m1/s1. The molecule has 15 heteroatoms. The maximum atomic E-state index is 12.9. The van der Waals surface area contributed by atoms with Crippen molar-refractivity contribution in [3.63, 3.8) is 0 Å². The lowest BCUT2D eigenvalue weighted by molar-refractivity contribution is -0.182. The number of amides is 2. The van der Waals surface area contributed by atoms with E-state index in [-0.39, 0.29) is 23.1 Å². The third-order valence-corrected chi connectivity index (χ3v) is 6.54. The molecule has 3 heterocycles. The van der Waals surface area contributed by atoms with Gasteiger partial charge in [-0.2, -0.15) is 0 Å². The van der Waals surface area contributed by atoms with E-state index in [4.69, 9.17) is 19.9 Å². The van der Waals surface area contributed by atoms with Gasteiger partial charge in [-0.05, 0) is 5.57 Å². The van der Waals surface area contributed by atoms with E-state index >= 15 is 0 Å². The number of rotatable bonds is 8. The van der Waals surface area contributed by atoms with Crippen molar-refractivity contribution < 1.29 is 38.6 Å². The van der Waals surface area contributed by atoms with E-state index in [0.29, 0.717) is 11.3 Å². The molecule has 0 spiro atoms. The van der Waals surface area contributed by atoms with Gasteiger partial charge in [0.2, 0.25) is 6.29 Å². The summed E-state index contributed by atoms with van der Waals surface area (Å²) in [6, 6.07) is -0.993. The fourth-order valence-electron chi connectivity index (χ4n) is 3.24. The summed E-state index contributed by atoms with van der Waals surface area (Å²) < 4.78 is 15.1. The van der Waals surface area contributed by atoms with Gasteiger partial charge in [-0.3, -0.25) is 19.3 Å². The second-order valence-electron chi connectivity index (χ2n) is 6.85. The van der Waals surface area contributed by atoms with E-state index in [1.807, 2.05) is 0 Å². The average molecular weight is 500 g/mol. The number of thioether (sulfide) groups is 1. The number of fused-ring (bicyclic) bond motifs is 1. The van der Waals surface area contributed by atoms with E-state index in [1.54, 1.807) is 0 Å². The molecule has 1 saturated heterocycles. The minimum Gasteiger partial charge on any atom is -0.426 e. The number of nitrogens with two attached hydrogens (primary N) is 1. The number of nitrogen functional groups attached to an aromatic ring is 1. The molecule has 13 nitrogen and oxygen atoms in total. The summed E-state index contributed by atoms with van der Waals surface area (Å²) in [6.45, 7) is 2.61. The Morgan fingerprint density at radius 2 is 2.15 bits per heavy atom. The zero-order valence-corrected chi connectivity index (χ0v) is 19.4. The van der Waals surface area contributed by atoms with Crippen LogP contribution in [0.5, 0.6) is 0 Å². The summed E-state index contributed by atoms with van der Waals surface area (Å²) in [5, 5.41) is 15.7. The van der Waals surface area contributed by atoms with Gasteiger partial charge in [-0.15, -0.1) is 23.1 Å². The molecular weight excluding hydrogens is 478 g/mol. The SMILES string of the molecule is COCC1=C(C(=O)OC(C)OC(C)=O)N2C(=O)C(NC(=O)/C(=N\O)c3csc(N)n3)[C@H]2SC1. The second kappa shape index (κ2) is 10.2. The molecule has 1 aromatic heterocycles. The number of thiazole rings is 1. The van der Waals surface area contributed by atoms with Gasteiger partial charge >= 0.3 is 11.9 Å². The zero-order chi connectivity index (χ0) is 24.3. The Balaban J connectivity index is 1.77. The number of methoxy groups -OCH3 is 1. The molecule has 0 bridgehead atoms. The van der Waals surface area contributed by atoms with Crippen molar-refractivity contribution in [1.82, 2.24) is 15.2 Å². The quantitative estimate of drug-likeness (QED) is 0.106. The van der Waals surface area contributed by atoms with Crippen LogP contribution in [-0.2, 0) is 33.4 Å². The zero-order valence-electron chi connectivity index (χ0n) is 17.8. The highest BCUT2D eigenvalue weighted by molar-refractivity contribution is 8.00. The first-order chi connectivity index (χ1) is 15.7. The monoisotopic (exact) mass is 499 g/mol. The van der Waals surface area contributed by atoms with Crippen LogP contribution in [0, 0.1) is 0 Å². The number of oxime groups is 1. The third kappa shape index (κ3) is 5.09. The van der Waals surface area contributed by atoms with E-state index in [1.165, 1.54) is 43.0 Å². The Morgan fingerprint density at radius 3 is 2.73 bits per heavy atom. The van der Waals surface area contributed by atoms with Crippen molar-refractivity contribution in [1.29, 1.82) is 0 Å². The highest BCUT2D eigenvalue weighted by atomic mass is 32.2. The Morgan fingerprint density at radius 1 is 1.42 bits per heavy atom. The van der Waals surface area contributed by atoms with Crippen molar-refractivity contribution in [2.45, 2.75) is 31.6 Å². The molecule has 2 aliphatic rings. The van der Waals surface area contributed by atoms with Crippen molar-refractivity contribution in [2.24, 2.45) is 5.16 Å². The summed E-state index contributed by atoms with van der Waals surface area (Å²) in [4.78, 5) is 54.5. The largest absolute Gasteiger partial charge is 0.426 e. The van der Waals surface area contributed by atoms with Gasteiger partial charge in [0.15, 0.2) is 10.8 Å². The number of aromatic nitrogens is 1. The Labute approximate surface area is 195 Å². The van der Waals surface area contributed by atoms with Crippen molar-refractivity contribution in [3.05, 3.63) is 22.3 Å². The molecule has 178 valence electrons. The van der Waals surface area contributed by atoms with Gasteiger partial charge in [-0.25, -0.2) is 9.78 Å². The van der Waals surface area contributed by atoms with Crippen LogP contribution in [0.1, 0.15) is 19.5 Å². The molecule has 3 atom stereocenters. The maximum Gasteiger partial charge on any atom is 0.358 e. The minimum absolute atomic E-state index is 0.0292. The summed E-state index contributed by atoms with van der Waals surface area (Å²) in [6.07, 6.45) is -1.17. The number of nitrogens with one attached hydrogen (secondary N) is 1. The van der Waals surface area contributed by atoms with Gasteiger partial charge in [0.1, 0.15) is 22.8 Å². The van der Waals surface area contributed by atoms with Crippen LogP contribution in [0.25, 0.3) is 0 Å². The van der Waals surface area contributed by atoms with Gasteiger partial charge in [0.05, 0.1) is 6.61 Å². The molecule has 0 radical (unpaired) electrons. The molecule has 0 aliphatic carbocycles. The highest BCUT2D eigenvalue weighted by Gasteiger charge is 2.54. The van der Waals surface area contributed by atoms with Crippen LogP contribution in [0.4, 0.5) is 5.13 Å². The van der Waals surface area contributed by atoms with Crippen LogP contribution in [0.2, 0.25) is 0 Å². The predicted molar refractivity (Wildman–Crippen MR) is 116 cm³/mol. The number of ether oxygens (including phenoxy) is 3. The van der Waals surface area contributed by atoms with Crippen LogP contribution >= 0.6 is 23.1 Å². The van der Waals surface area contributed by atoms with E-state index < -0.39 is 47.2 Å². The number of carbonyl (C=O) groups excluding carboxylic acids is 4. The molecule has 4 N–H and O–H groups in total. The average Bonchev–Trinajstić information content (AvgIpc) is 3.17. The fraction of sp³-hybridized carbons (Fsp3) is 0.444. The molecule has 1 aromatic rings. The predicted octanol–water partition coefficient (Wildman–Crippen LogP) is -0.344. The number of carbonyl (C=O) groups is 4. The van der Waals surface area contributed by atoms with Gasteiger partial charge in [-0.1, -0.05) is 5.16 Å². The van der Waals surface area contributed by atoms with Crippen LogP contribution in [0.15, 0.2) is 21.8 Å². The van der Waals surface area contributed by atoms with Crippen LogP contribution < -0.4 is 11.1 Å². The lowest BCUT2D eigenvalue weighted by Gasteiger charge is -2.49. The second-order valence-corrected chi connectivity index (χ2v) is 8.84. The summed E-state index contributed by atoms with van der Waals surface area (Å²) in [7, 11) is 1.44. The molecule has 33 heavy (non-hydrogen) atoms. The maximum absolute atomic E-state index is 12.9. The number of esters is 2. The molecule has 1 fully saturated rings. The Bertz CT molecular complexity index is 1040. The topological polar surface area (TPSA) is 183 Å². The number of hydrogen-bond donors (Lipinski definition) is 3. The first-order valence-electron chi connectivity index (χ1n) is 9.46. The molecule has 0 aromatic carbocycles. The molecule has 2 amide bonds. The number of nitrogens with zero attached hydrogens (tertiary/aromatic N) is 3. The van der Waals surface area contributed by atoms with E-state index in [9.17, 15) is 24.4 Å². The number of hydrogen-bond acceptors (Lipinski definition) is 13.